The molecule has 1 aromatic heterocycles. The highest BCUT2D eigenvalue weighted by Crippen LogP contribution is 2.38. The summed E-state index contributed by atoms with van der Waals surface area (Å²) in [6.45, 7) is 4.65. The van der Waals surface area contributed by atoms with Crippen molar-refractivity contribution in [2.24, 2.45) is 0 Å². The van der Waals surface area contributed by atoms with E-state index in [1.807, 2.05) is 42.8 Å². The van der Waals surface area contributed by atoms with Gasteiger partial charge in [-0.05, 0) is 31.5 Å². The molecule has 1 fully saturated rings. The molecule has 0 aliphatic carbocycles. The third-order valence-electron chi connectivity index (χ3n) is 5.75. The molecule has 2 aromatic carbocycles. The van der Waals surface area contributed by atoms with Crippen LogP contribution in [0, 0.1) is 12.7 Å². The fraction of sp³-hybridized carbons (Fsp3) is 0.417. The van der Waals surface area contributed by atoms with Crippen LogP contribution in [0.1, 0.15) is 42.6 Å². The molecule has 5 nitrogen and oxygen atoms in total. The average molecular weight is 413 g/mol. The summed E-state index contributed by atoms with van der Waals surface area (Å²) in [4.78, 5) is 0. The third kappa shape index (κ3) is 4.08. The second-order valence-electron chi connectivity index (χ2n) is 7.92. The van der Waals surface area contributed by atoms with Crippen molar-refractivity contribution in [3.05, 3.63) is 65.1 Å². The number of rotatable bonds is 6. The number of hydrogen-bond donors (Lipinski definition) is 2. The number of aromatic nitrogens is 1. The van der Waals surface area contributed by atoms with Crippen molar-refractivity contribution in [1.29, 1.82) is 0 Å². The first-order valence-corrected chi connectivity index (χ1v) is 10.4. The molecule has 3 atom stereocenters. The van der Waals surface area contributed by atoms with Gasteiger partial charge in [0.25, 0.3) is 0 Å². The van der Waals surface area contributed by atoms with Crippen molar-refractivity contribution >= 4 is 10.9 Å². The van der Waals surface area contributed by atoms with Crippen molar-refractivity contribution in [2.45, 2.75) is 51.5 Å². The summed E-state index contributed by atoms with van der Waals surface area (Å²) < 4.78 is 28.1. The molecular formula is C24H28FNO4. The number of ether oxygens (including phenoxy) is 2. The molecule has 0 bridgehead atoms. The average Bonchev–Trinajstić information content (AvgIpc) is 3.09. The highest BCUT2D eigenvalue weighted by atomic mass is 19.1. The van der Waals surface area contributed by atoms with Gasteiger partial charge in [-0.3, -0.25) is 0 Å². The van der Waals surface area contributed by atoms with E-state index in [0.29, 0.717) is 37.3 Å². The molecule has 4 rings (SSSR count). The van der Waals surface area contributed by atoms with Crippen molar-refractivity contribution in [1.82, 2.24) is 4.57 Å². The van der Waals surface area contributed by atoms with Gasteiger partial charge >= 0.3 is 0 Å². The lowest BCUT2D eigenvalue weighted by Gasteiger charge is -2.32. The SMILES string of the molecule is CCOc1ccc(Cn2cc([C@H]3C[C@@H](O)C[C@@H](CO)O3)c3c(C)cccc32)c(F)c1. The molecule has 2 N–H and O–H groups in total. The summed E-state index contributed by atoms with van der Waals surface area (Å²) in [5.41, 5.74) is 3.62. The molecule has 2 heterocycles. The molecule has 0 amide bonds. The van der Waals surface area contributed by atoms with E-state index in [1.54, 1.807) is 12.1 Å². The van der Waals surface area contributed by atoms with Gasteiger partial charge in [-0.2, -0.15) is 0 Å². The van der Waals surface area contributed by atoms with Crippen LogP contribution in [0.15, 0.2) is 42.6 Å². The fourth-order valence-corrected chi connectivity index (χ4v) is 4.35. The van der Waals surface area contributed by atoms with E-state index in [0.717, 1.165) is 22.0 Å². The van der Waals surface area contributed by atoms with Gasteiger partial charge in [0.15, 0.2) is 0 Å². The van der Waals surface area contributed by atoms with Gasteiger partial charge < -0.3 is 24.3 Å². The summed E-state index contributed by atoms with van der Waals surface area (Å²) in [7, 11) is 0. The Bertz CT molecular complexity index is 1030. The van der Waals surface area contributed by atoms with Crippen LogP contribution < -0.4 is 4.74 Å². The summed E-state index contributed by atoms with van der Waals surface area (Å²) in [5.74, 6) is 0.217. The quantitative estimate of drug-likeness (QED) is 0.638. The van der Waals surface area contributed by atoms with Gasteiger partial charge in [0.05, 0.1) is 38.1 Å². The number of benzene rings is 2. The Morgan fingerprint density at radius 2 is 2.07 bits per heavy atom. The van der Waals surface area contributed by atoms with Crippen LogP contribution in [0.4, 0.5) is 4.39 Å². The van der Waals surface area contributed by atoms with Crippen LogP contribution in [0.2, 0.25) is 0 Å². The number of hydrogen-bond acceptors (Lipinski definition) is 4. The number of aliphatic hydroxyl groups is 2. The van der Waals surface area contributed by atoms with Gasteiger partial charge in [0, 0.05) is 47.1 Å². The second kappa shape index (κ2) is 8.76. The molecule has 0 radical (unpaired) electrons. The smallest absolute Gasteiger partial charge is 0.131 e. The second-order valence-corrected chi connectivity index (χ2v) is 7.92. The Labute approximate surface area is 175 Å². The first-order valence-electron chi connectivity index (χ1n) is 10.4. The minimum Gasteiger partial charge on any atom is -0.494 e. The molecule has 0 unspecified atom stereocenters. The van der Waals surface area contributed by atoms with Crippen LogP contribution in [0.3, 0.4) is 0 Å². The number of nitrogens with zero attached hydrogens (tertiary/aromatic N) is 1. The Kier molecular flexibility index (Phi) is 6.09. The van der Waals surface area contributed by atoms with Crippen molar-refractivity contribution in [2.75, 3.05) is 13.2 Å². The molecule has 1 saturated heterocycles. The van der Waals surface area contributed by atoms with Crippen molar-refractivity contribution in [3.8, 4) is 5.75 Å². The van der Waals surface area contributed by atoms with Crippen LogP contribution in [0.5, 0.6) is 5.75 Å². The lowest BCUT2D eigenvalue weighted by atomic mass is 9.95. The van der Waals surface area contributed by atoms with Gasteiger partial charge in [-0.1, -0.05) is 18.2 Å². The fourth-order valence-electron chi connectivity index (χ4n) is 4.35. The Hall–Kier alpha value is -2.41. The molecule has 3 aromatic rings. The molecule has 0 spiro atoms. The van der Waals surface area contributed by atoms with E-state index >= 15 is 0 Å². The highest BCUT2D eigenvalue weighted by Gasteiger charge is 2.31. The first-order chi connectivity index (χ1) is 14.5. The van der Waals surface area contributed by atoms with E-state index < -0.39 is 6.10 Å². The molecule has 30 heavy (non-hydrogen) atoms. The number of aryl methyl sites for hydroxylation is 1. The molecule has 1 aliphatic heterocycles. The summed E-state index contributed by atoms with van der Waals surface area (Å²) >= 11 is 0. The van der Waals surface area contributed by atoms with E-state index in [4.69, 9.17) is 9.47 Å². The molecule has 6 heteroatoms. The molecule has 0 saturated carbocycles. The highest BCUT2D eigenvalue weighted by molar-refractivity contribution is 5.87. The first kappa shape index (κ1) is 20.8. The predicted molar refractivity (Wildman–Crippen MR) is 113 cm³/mol. The summed E-state index contributed by atoms with van der Waals surface area (Å²) in [5, 5.41) is 20.9. The monoisotopic (exact) mass is 413 g/mol. The van der Waals surface area contributed by atoms with Crippen LogP contribution in [0.25, 0.3) is 10.9 Å². The topological polar surface area (TPSA) is 63.9 Å². The minimum atomic E-state index is -0.521. The lowest BCUT2D eigenvalue weighted by Crippen LogP contribution is -2.33. The maximum atomic E-state index is 14.7. The summed E-state index contributed by atoms with van der Waals surface area (Å²) in [6.07, 6.45) is 1.67. The Morgan fingerprint density at radius 3 is 2.80 bits per heavy atom. The lowest BCUT2D eigenvalue weighted by molar-refractivity contribution is -0.113. The van der Waals surface area contributed by atoms with Crippen molar-refractivity contribution < 1.29 is 24.1 Å². The Morgan fingerprint density at radius 1 is 1.23 bits per heavy atom. The maximum Gasteiger partial charge on any atom is 0.131 e. The van der Waals surface area contributed by atoms with Gasteiger partial charge in [0.2, 0.25) is 0 Å². The van der Waals surface area contributed by atoms with E-state index in [2.05, 4.69) is 0 Å². The minimum absolute atomic E-state index is 0.122. The van der Waals surface area contributed by atoms with Crippen LogP contribution in [-0.4, -0.2) is 40.2 Å². The zero-order valence-electron chi connectivity index (χ0n) is 17.3. The molecular weight excluding hydrogens is 385 g/mol. The van der Waals surface area contributed by atoms with Crippen molar-refractivity contribution in [3.63, 3.8) is 0 Å². The Balaban J connectivity index is 1.72. The molecule has 160 valence electrons. The standard InChI is InChI=1S/C24H28FNO4/c1-3-29-18-8-7-16(21(25)11-18)12-26-13-20(24-15(2)5-4-6-22(24)26)23-10-17(28)9-19(14-27)30-23/h4-8,11,13,17,19,23,27-28H,3,9-10,12,14H2,1-2H3/t17-,19-,23+/m0/s1. The van der Waals surface area contributed by atoms with Gasteiger partial charge in [-0.25, -0.2) is 4.39 Å². The van der Waals surface area contributed by atoms with E-state index in [-0.39, 0.29) is 24.6 Å². The largest absolute Gasteiger partial charge is 0.494 e. The van der Waals surface area contributed by atoms with Crippen LogP contribution >= 0.6 is 0 Å². The zero-order valence-corrected chi connectivity index (χ0v) is 17.3. The number of fused-ring (bicyclic) bond motifs is 1. The molecule has 1 aliphatic rings. The van der Waals surface area contributed by atoms with Gasteiger partial charge in [0.1, 0.15) is 11.6 Å². The predicted octanol–water partition coefficient (Wildman–Crippen LogP) is 4.11. The normalized spacial score (nSPS) is 21.8. The summed E-state index contributed by atoms with van der Waals surface area (Å²) in [6, 6.07) is 11.0. The maximum absolute atomic E-state index is 14.7. The van der Waals surface area contributed by atoms with E-state index in [9.17, 15) is 14.6 Å². The third-order valence-corrected chi connectivity index (χ3v) is 5.75. The van der Waals surface area contributed by atoms with Gasteiger partial charge in [-0.15, -0.1) is 0 Å². The number of halogens is 1. The zero-order chi connectivity index (χ0) is 21.3. The number of aliphatic hydroxyl groups excluding tert-OH is 2. The van der Waals surface area contributed by atoms with E-state index in [1.165, 1.54) is 6.07 Å². The van der Waals surface area contributed by atoms with Crippen LogP contribution in [-0.2, 0) is 11.3 Å².